The third kappa shape index (κ3) is 5.89. The summed E-state index contributed by atoms with van der Waals surface area (Å²) in [4.78, 5) is 24.4. The summed E-state index contributed by atoms with van der Waals surface area (Å²) in [6.45, 7) is 0. The van der Waals surface area contributed by atoms with Crippen LogP contribution in [0.1, 0.15) is 23.5 Å². The minimum absolute atomic E-state index is 0.00889. The van der Waals surface area contributed by atoms with Crippen LogP contribution in [0.5, 0.6) is 0 Å². The highest BCUT2D eigenvalue weighted by Gasteiger charge is 2.31. The van der Waals surface area contributed by atoms with Gasteiger partial charge in [-0.1, -0.05) is 45.9 Å². The summed E-state index contributed by atoms with van der Waals surface area (Å²) < 4.78 is 39.3. The minimum atomic E-state index is -4.52. The number of nitrogens with zero attached hydrogens (tertiary/aromatic N) is 1. The number of hydrogen-bond acceptors (Lipinski definition) is 4. The van der Waals surface area contributed by atoms with E-state index in [4.69, 9.17) is 0 Å². The SMILES string of the molecule is N#CC1=C(SCC(=O)Nc2cccc(C(F)(F)F)c2)NC(=O)C[C@@H]1c1cccc(Br)c1. The van der Waals surface area contributed by atoms with E-state index in [0.29, 0.717) is 5.57 Å². The molecular formula is C21H15BrF3N3O2S. The second-order valence-corrected chi connectivity index (χ2v) is 8.53. The van der Waals surface area contributed by atoms with E-state index in [9.17, 15) is 28.0 Å². The molecule has 0 aromatic heterocycles. The normalized spacial score (nSPS) is 16.5. The molecule has 0 aliphatic carbocycles. The summed E-state index contributed by atoms with van der Waals surface area (Å²) in [6.07, 6.45) is -4.42. The second kappa shape index (κ2) is 9.58. The van der Waals surface area contributed by atoms with Crippen LogP contribution in [0.25, 0.3) is 0 Å². The molecule has 1 heterocycles. The molecule has 0 fully saturated rings. The number of allylic oxidation sites excluding steroid dienone is 1. The van der Waals surface area contributed by atoms with Crippen LogP contribution in [-0.4, -0.2) is 17.6 Å². The predicted octanol–water partition coefficient (Wildman–Crippen LogP) is 5.18. The quantitative estimate of drug-likeness (QED) is 0.581. The van der Waals surface area contributed by atoms with E-state index in [1.54, 1.807) is 6.07 Å². The Morgan fingerprint density at radius 2 is 2.00 bits per heavy atom. The molecule has 1 atom stereocenters. The monoisotopic (exact) mass is 509 g/mol. The highest BCUT2D eigenvalue weighted by molar-refractivity contribution is 9.10. The smallest absolute Gasteiger partial charge is 0.325 e. The average Bonchev–Trinajstić information content (AvgIpc) is 2.71. The Balaban J connectivity index is 1.74. The van der Waals surface area contributed by atoms with Crippen molar-refractivity contribution in [3.05, 3.63) is 74.7 Å². The first kappa shape index (κ1) is 22.9. The first-order chi connectivity index (χ1) is 14.7. The molecule has 0 unspecified atom stereocenters. The van der Waals surface area contributed by atoms with Crippen molar-refractivity contribution >= 4 is 45.2 Å². The van der Waals surface area contributed by atoms with Crippen molar-refractivity contribution in [3.63, 3.8) is 0 Å². The van der Waals surface area contributed by atoms with E-state index >= 15 is 0 Å². The van der Waals surface area contributed by atoms with Gasteiger partial charge in [0.05, 0.1) is 28.0 Å². The summed E-state index contributed by atoms with van der Waals surface area (Å²) in [7, 11) is 0. The van der Waals surface area contributed by atoms with Crippen molar-refractivity contribution in [1.29, 1.82) is 5.26 Å². The summed E-state index contributed by atoms with van der Waals surface area (Å²) in [6, 6.07) is 13.7. The second-order valence-electron chi connectivity index (χ2n) is 6.63. The number of thioether (sulfide) groups is 1. The zero-order valence-corrected chi connectivity index (χ0v) is 18.2. The maximum atomic E-state index is 12.8. The van der Waals surface area contributed by atoms with E-state index in [2.05, 4.69) is 32.6 Å². The van der Waals surface area contributed by atoms with Crippen molar-refractivity contribution in [2.45, 2.75) is 18.5 Å². The zero-order valence-electron chi connectivity index (χ0n) is 15.8. The maximum absolute atomic E-state index is 12.8. The largest absolute Gasteiger partial charge is 0.416 e. The predicted molar refractivity (Wildman–Crippen MR) is 115 cm³/mol. The summed E-state index contributed by atoms with van der Waals surface area (Å²) >= 11 is 4.32. The van der Waals surface area contributed by atoms with E-state index in [0.717, 1.165) is 33.9 Å². The Hall–Kier alpha value is -2.77. The van der Waals surface area contributed by atoms with E-state index in [1.807, 2.05) is 18.2 Å². The lowest BCUT2D eigenvalue weighted by atomic mass is 9.87. The maximum Gasteiger partial charge on any atom is 0.416 e. The van der Waals surface area contributed by atoms with E-state index < -0.39 is 23.6 Å². The number of alkyl halides is 3. The molecule has 1 aliphatic heterocycles. The Bertz CT molecular complexity index is 1100. The first-order valence-corrected chi connectivity index (χ1v) is 10.7. The zero-order chi connectivity index (χ0) is 22.6. The lowest BCUT2D eigenvalue weighted by Crippen LogP contribution is -2.31. The summed E-state index contributed by atoms with van der Waals surface area (Å²) in [5.41, 5.74) is 0.250. The van der Waals surface area contributed by atoms with Gasteiger partial charge in [0.2, 0.25) is 11.8 Å². The first-order valence-electron chi connectivity index (χ1n) is 8.97. The number of halogens is 4. The molecule has 2 amide bonds. The van der Waals surface area contributed by atoms with Gasteiger partial charge in [-0.05, 0) is 35.9 Å². The van der Waals surface area contributed by atoms with E-state index in [1.165, 1.54) is 12.1 Å². The van der Waals surface area contributed by atoms with Gasteiger partial charge in [-0.2, -0.15) is 18.4 Å². The van der Waals surface area contributed by atoms with Crippen LogP contribution in [0.3, 0.4) is 0 Å². The van der Waals surface area contributed by atoms with Gasteiger partial charge < -0.3 is 10.6 Å². The van der Waals surface area contributed by atoms with Gasteiger partial charge in [0.25, 0.3) is 0 Å². The molecule has 0 saturated heterocycles. The lowest BCUT2D eigenvalue weighted by Gasteiger charge is -2.25. The van der Waals surface area contributed by atoms with Crippen molar-refractivity contribution in [2.24, 2.45) is 0 Å². The molecule has 160 valence electrons. The van der Waals surface area contributed by atoms with Crippen molar-refractivity contribution in [2.75, 3.05) is 11.1 Å². The molecule has 31 heavy (non-hydrogen) atoms. The van der Waals surface area contributed by atoms with Crippen LogP contribution in [0.2, 0.25) is 0 Å². The third-order valence-corrected chi connectivity index (χ3v) is 5.94. The number of nitrogens with one attached hydrogen (secondary N) is 2. The van der Waals surface area contributed by atoms with Crippen molar-refractivity contribution in [3.8, 4) is 6.07 Å². The van der Waals surface area contributed by atoms with Gasteiger partial charge in [-0.25, -0.2) is 0 Å². The Labute approximate surface area is 188 Å². The summed E-state index contributed by atoms with van der Waals surface area (Å²) in [5.74, 6) is -1.50. The van der Waals surface area contributed by atoms with Crippen molar-refractivity contribution < 1.29 is 22.8 Å². The van der Waals surface area contributed by atoms with Gasteiger partial charge in [0.1, 0.15) is 0 Å². The molecule has 5 nitrogen and oxygen atoms in total. The number of carbonyl (C=O) groups is 2. The van der Waals surface area contributed by atoms with Crippen LogP contribution in [0.4, 0.5) is 18.9 Å². The molecule has 2 aromatic rings. The molecule has 0 bridgehead atoms. The fourth-order valence-electron chi connectivity index (χ4n) is 3.05. The number of benzene rings is 2. The fraction of sp³-hybridized carbons (Fsp3) is 0.190. The number of amides is 2. The number of anilines is 1. The van der Waals surface area contributed by atoms with Gasteiger partial charge >= 0.3 is 6.18 Å². The third-order valence-electron chi connectivity index (χ3n) is 4.43. The number of rotatable bonds is 5. The molecular weight excluding hydrogens is 495 g/mol. The standard InChI is InChI=1S/C21H15BrF3N3O2S/c22-14-5-1-3-12(7-14)16-9-18(29)28-20(17(16)10-26)31-11-19(30)27-15-6-2-4-13(8-15)21(23,24)25/h1-8,16H,9,11H2,(H,27,30)(H,28,29)/t16-/m1/s1. The van der Waals surface area contributed by atoms with Crippen LogP contribution in [0, 0.1) is 11.3 Å². The molecule has 1 aliphatic rings. The molecule has 2 aromatic carbocycles. The Kier molecular flexibility index (Phi) is 7.08. The average molecular weight is 510 g/mol. The van der Waals surface area contributed by atoms with Gasteiger partial charge in [-0.3, -0.25) is 9.59 Å². The molecule has 0 spiro atoms. The molecule has 0 radical (unpaired) electrons. The highest BCUT2D eigenvalue weighted by Crippen LogP contribution is 2.37. The molecule has 2 N–H and O–H groups in total. The van der Waals surface area contributed by atoms with Crippen LogP contribution in [-0.2, 0) is 15.8 Å². The fourth-order valence-corrected chi connectivity index (χ4v) is 4.34. The van der Waals surface area contributed by atoms with Gasteiger partial charge in [0.15, 0.2) is 0 Å². The number of hydrogen-bond donors (Lipinski definition) is 2. The highest BCUT2D eigenvalue weighted by atomic mass is 79.9. The molecule has 0 saturated carbocycles. The molecule has 3 rings (SSSR count). The van der Waals surface area contributed by atoms with Crippen LogP contribution in [0.15, 0.2) is 63.6 Å². The summed E-state index contributed by atoms with van der Waals surface area (Å²) in [5, 5.41) is 15.0. The van der Waals surface area contributed by atoms with Crippen LogP contribution >= 0.6 is 27.7 Å². The van der Waals surface area contributed by atoms with Crippen LogP contribution < -0.4 is 10.6 Å². The molecule has 10 heteroatoms. The minimum Gasteiger partial charge on any atom is -0.325 e. The van der Waals surface area contributed by atoms with E-state index in [-0.39, 0.29) is 28.8 Å². The lowest BCUT2D eigenvalue weighted by molar-refractivity contribution is -0.137. The Morgan fingerprint density at radius 1 is 1.26 bits per heavy atom. The topological polar surface area (TPSA) is 82.0 Å². The van der Waals surface area contributed by atoms with Gasteiger partial charge in [0, 0.05) is 22.5 Å². The van der Waals surface area contributed by atoms with Crippen molar-refractivity contribution in [1.82, 2.24) is 5.32 Å². The Morgan fingerprint density at radius 3 is 2.68 bits per heavy atom. The number of carbonyl (C=O) groups excluding carboxylic acids is 2. The van der Waals surface area contributed by atoms with Gasteiger partial charge in [-0.15, -0.1) is 0 Å². The number of nitriles is 1.